The van der Waals surface area contributed by atoms with E-state index in [1.165, 1.54) is 25.7 Å². The van der Waals surface area contributed by atoms with Crippen LogP contribution in [0.5, 0.6) is 0 Å². The minimum absolute atomic E-state index is 0.103. The molecule has 1 aromatic heterocycles. The average molecular weight is 273 g/mol. The predicted octanol–water partition coefficient (Wildman–Crippen LogP) is 1.43. The first-order chi connectivity index (χ1) is 9.75. The number of hydrogen-bond donors (Lipinski definition) is 2. The van der Waals surface area contributed by atoms with Crippen molar-refractivity contribution in [2.75, 3.05) is 31.1 Å². The van der Waals surface area contributed by atoms with Gasteiger partial charge in [-0.05, 0) is 25.0 Å². The van der Waals surface area contributed by atoms with Gasteiger partial charge in [-0.3, -0.25) is 10.3 Å². The van der Waals surface area contributed by atoms with Crippen LogP contribution in [-0.2, 0) is 0 Å². The molecule has 3 N–H and O–H groups in total. The van der Waals surface area contributed by atoms with Gasteiger partial charge < -0.3 is 10.6 Å². The summed E-state index contributed by atoms with van der Waals surface area (Å²) in [6, 6.07) is 4.52. The molecular formula is C15H23N5. The quantitative estimate of drug-likeness (QED) is 0.646. The third-order valence-corrected chi connectivity index (χ3v) is 4.53. The smallest absolute Gasteiger partial charge is 0.139 e. The Hall–Kier alpha value is -1.62. The van der Waals surface area contributed by atoms with Crippen molar-refractivity contribution in [1.82, 2.24) is 9.88 Å². The van der Waals surface area contributed by atoms with Gasteiger partial charge in [0.25, 0.3) is 0 Å². The minimum Gasteiger partial charge on any atom is -0.384 e. The molecule has 1 aliphatic carbocycles. The van der Waals surface area contributed by atoms with Gasteiger partial charge in [-0.1, -0.05) is 12.8 Å². The number of amidine groups is 1. The van der Waals surface area contributed by atoms with Gasteiger partial charge in [0.2, 0.25) is 0 Å². The number of nitrogens with one attached hydrogen (secondary N) is 1. The molecule has 1 saturated carbocycles. The lowest BCUT2D eigenvalue weighted by molar-refractivity contribution is 0.187. The molecule has 5 heteroatoms. The van der Waals surface area contributed by atoms with E-state index >= 15 is 0 Å². The molecule has 2 fully saturated rings. The van der Waals surface area contributed by atoms with E-state index in [0.717, 1.165) is 43.6 Å². The summed E-state index contributed by atoms with van der Waals surface area (Å²) in [6.07, 6.45) is 7.29. The lowest BCUT2D eigenvalue weighted by atomic mass is 10.1. The highest BCUT2D eigenvalue weighted by molar-refractivity contribution is 5.99. The standard InChI is InChI=1S/C15H23N5/c16-14(17)13-6-3-7-18-15(13)20-10-8-19(9-11-20)12-4-1-2-5-12/h3,6-7,12H,1-2,4-5,8-11H2,(H3,16,17). The van der Waals surface area contributed by atoms with E-state index in [9.17, 15) is 0 Å². The molecule has 1 saturated heterocycles. The predicted molar refractivity (Wildman–Crippen MR) is 81.3 cm³/mol. The molecule has 1 aliphatic heterocycles. The molecular weight excluding hydrogens is 250 g/mol. The summed E-state index contributed by atoms with van der Waals surface area (Å²) in [7, 11) is 0. The van der Waals surface area contributed by atoms with Crippen LogP contribution < -0.4 is 10.6 Å². The van der Waals surface area contributed by atoms with E-state index in [1.807, 2.05) is 12.1 Å². The number of aromatic nitrogens is 1. The molecule has 0 spiro atoms. The number of nitrogen functional groups attached to an aromatic ring is 1. The van der Waals surface area contributed by atoms with E-state index in [2.05, 4.69) is 14.8 Å². The lowest BCUT2D eigenvalue weighted by Gasteiger charge is -2.39. The van der Waals surface area contributed by atoms with Crippen LogP contribution in [0.25, 0.3) is 0 Å². The van der Waals surface area contributed by atoms with Crippen LogP contribution in [0.1, 0.15) is 31.2 Å². The Morgan fingerprint density at radius 3 is 2.55 bits per heavy atom. The van der Waals surface area contributed by atoms with E-state index < -0.39 is 0 Å². The Morgan fingerprint density at radius 1 is 1.20 bits per heavy atom. The Labute approximate surface area is 120 Å². The molecule has 0 unspecified atom stereocenters. The SMILES string of the molecule is N=C(N)c1cccnc1N1CCN(C2CCCC2)CC1. The van der Waals surface area contributed by atoms with Crippen molar-refractivity contribution in [3.8, 4) is 0 Å². The maximum Gasteiger partial charge on any atom is 0.139 e. The average Bonchev–Trinajstić information content (AvgIpc) is 3.02. The summed E-state index contributed by atoms with van der Waals surface area (Å²) < 4.78 is 0. The summed E-state index contributed by atoms with van der Waals surface area (Å²) in [5, 5.41) is 7.67. The zero-order chi connectivity index (χ0) is 13.9. The zero-order valence-electron chi connectivity index (χ0n) is 11.9. The van der Waals surface area contributed by atoms with E-state index in [4.69, 9.17) is 11.1 Å². The molecule has 5 nitrogen and oxygen atoms in total. The Kier molecular flexibility index (Phi) is 3.87. The maximum absolute atomic E-state index is 7.67. The van der Waals surface area contributed by atoms with Crippen molar-refractivity contribution in [3.63, 3.8) is 0 Å². The molecule has 0 aromatic carbocycles. The third-order valence-electron chi connectivity index (χ3n) is 4.53. The number of piperazine rings is 1. The first-order valence-corrected chi connectivity index (χ1v) is 7.54. The number of hydrogen-bond acceptors (Lipinski definition) is 4. The van der Waals surface area contributed by atoms with Gasteiger partial charge in [0.05, 0.1) is 5.56 Å². The fraction of sp³-hybridized carbons (Fsp3) is 0.600. The van der Waals surface area contributed by atoms with Crippen molar-refractivity contribution < 1.29 is 0 Å². The summed E-state index contributed by atoms with van der Waals surface area (Å²) >= 11 is 0. The van der Waals surface area contributed by atoms with Gasteiger partial charge in [0, 0.05) is 38.4 Å². The maximum atomic E-state index is 7.67. The van der Waals surface area contributed by atoms with Crippen molar-refractivity contribution in [2.45, 2.75) is 31.7 Å². The molecule has 3 rings (SSSR count). The highest BCUT2D eigenvalue weighted by Crippen LogP contribution is 2.26. The second-order valence-electron chi connectivity index (χ2n) is 5.75. The van der Waals surface area contributed by atoms with Crippen LogP contribution in [0.2, 0.25) is 0 Å². The van der Waals surface area contributed by atoms with Crippen LogP contribution in [0, 0.1) is 5.41 Å². The van der Waals surface area contributed by atoms with E-state index in [0.29, 0.717) is 0 Å². The van der Waals surface area contributed by atoms with Crippen molar-refractivity contribution in [1.29, 1.82) is 5.41 Å². The van der Waals surface area contributed by atoms with Crippen LogP contribution in [0.15, 0.2) is 18.3 Å². The van der Waals surface area contributed by atoms with Gasteiger partial charge in [-0.2, -0.15) is 0 Å². The minimum atomic E-state index is 0.103. The zero-order valence-corrected chi connectivity index (χ0v) is 11.9. The summed E-state index contributed by atoms with van der Waals surface area (Å²) in [5.41, 5.74) is 6.41. The number of pyridine rings is 1. The number of anilines is 1. The number of nitrogens with zero attached hydrogens (tertiary/aromatic N) is 3. The Balaban J connectivity index is 1.67. The third kappa shape index (κ3) is 2.63. The van der Waals surface area contributed by atoms with E-state index in [-0.39, 0.29) is 5.84 Å². The normalized spacial score (nSPS) is 21.3. The van der Waals surface area contributed by atoms with Crippen LogP contribution in [0.4, 0.5) is 5.82 Å². The topological polar surface area (TPSA) is 69.2 Å². The molecule has 0 amide bonds. The molecule has 0 bridgehead atoms. The van der Waals surface area contributed by atoms with Crippen molar-refractivity contribution >= 4 is 11.7 Å². The molecule has 20 heavy (non-hydrogen) atoms. The first-order valence-electron chi connectivity index (χ1n) is 7.54. The van der Waals surface area contributed by atoms with Gasteiger partial charge >= 0.3 is 0 Å². The van der Waals surface area contributed by atoms with Gasteiger partial charge in [0.15, 0.2) is 0 Å². The molecule has 2 aliphatic rings. The van der Waals surface area contributed by atoms with Crippen molar-refractivity contribution in [3.05, 3.63) is 23.9 Å². The molecule has 1 aromatic rings. The Morgan fingerprint density at radius 2 is 1.90 bits per heavy atom. The van der Waals surface area contributed by atoms with Crippen LogP contribution in [-0.4, -0.2) is 47.9 Å². The highest BCUT2D eigenvalue weighted by atomic mass is 15.3. The monoisotopic (exact) mass is 273 g/mol. The number of rotatable bonds is 3. The van der Waals surface area contributed by atoms with Crippen LogP contribution in [0.3, 0.4) is 0 Å². The summed E-state index contributed by atoms with van der Waals surface area (Å²) in [5.74, 6) is 0.970. The van der Waals surface area contributed by atoms with Crippen LogP contribution >= 0.6 is 0 Å². The summed E-state index contributed by atoms with van der Waals surface area (Å²) in [6.45, 7) is 4.15. The van der Waals surface area contributed by atoms with Gasteiger partial charge in [-0.25, -0.2) is 4.98 Å². The molecule has 0 atom stereocenters. The lowest BCUT2D eigenvalue weighted by Crippen LogP contribution is -2.50. The molecule has 2 heterocycles. The largest absolute Gasteiger partial charge is 0.384 e. The molecule has 0 radical (unpaired) electrons. The summed E-state index contributed by atoms with van der Waals surface area (Å²) in [4.78, 5) is 9.32. The fourth-order valence-electron chi connectivity index (χ4n) is 3.43. The van der Waals surface area contributed by atoms with Gasteiger partial charge in [-0.15, -0.1) is 0 Å². The fourth-order valence-corrected chi connectivity index (χ4v) is 3.43. The number of nitrogens with two attached hydrogens (primary N) is 1. The Bertz CT molecular complexity index is 473. The van der Waals surface area contributed by atoms with Crippen molar-refractivity contribution in [2.24, 2.45) is 5.73 Å². The second-order valence-corrected chi connectivity index (χ2v) is 5.75. The van der Waals surface area contributed by atoms with Gasteiger partial charge in [0.1, 0.15) is 11.7 Å². The van der Waals surface area contributed by atoms with E-state index in [1.54, 1.807) is 6.20 Å². The second kappa shape index (κ2) is 5.79. The molecule has 108 valence electrons. The highest BCUT2D eigenvalue weighted by Gasteiger charge is 2.27. The first kappa shape index (κ1) is 13.4.